The minimum absolute atomic E-state index is 0.0156. The molecule has 9 N–H and O–H groups in total. The Morgan fingerprint density at radius 3 is 2.09 bits per heavy atom. The number of hydrogen-bond acceptors (Lipinski definition) is 5. The number of aliphatic carboxylic acids is 2. The zero-order valence-corrected chi connectivity index (χ0v) is 13.2. The average Bonchev–Trinajstić information content (AvgIpc) is 2.47. The first-order chi connectivity index (χ1) is 10.8. The lowest BCUT2D eigenvalue weighted by Gasteiger charge is -2.22. The largest absolute Gasteiger partial charge is 0.481 e. The number of nitrogens with two attached hydrogens (primary N) is 3. The molecule has 0 saturated carbocycles. The van der Waals surface area contributed by atoms with E-state index >= 15 is 0 Å². The van der Waals surface area contributed by atoms with Crippen molar-refractivity contribution in [1.82, 2.24) is 0 Å². The fourth-order valence-electron chi connectivity index (χ4n) is 2.39. The molecule has 0 aromatic rings. The predicted octanol–water partition coefficient (Wildman–Crippen LogP) is -0.678. The number of hydrogen-bond donors (Lipinski definition) is 6. The van der Waals surface area contributed by atoms with Crippen molar-refractivity contribution in [3.05, 3.63) is 0 Å². The maximum absolute atomic E-state index is 11.4. The number of carboxylic acid groups (broad SMARTS) is 2. The lowest BCUT2D eigenvalue weighted by molar-refractivity contribution is -0.144. The van der Waals surface area contributed by atoms with Crippen LogP contribution in [0.3, 0.4) is 0 Å². The fourth-order valence-corrected chi connectivity index (χ4v) is 2.39. The van der Waals surface area contributed by atoms with Crippen molar-refractivity contribution < 1.29 is 24.9 Å². The van der Waals surface area contributed by atoms with Gasteiger partial charge in [-0.25, -0.2) is 0 Å². The number of aliphatic hydroxyl groups excluding tert-OH is 1. The molecule has 3 unspecified atom stereocenters. The second-order valence-electron chi connectivity index (χ2n) is 5.57. The van der Waals surface area contributed by atoms with Gasteiger partial charge in [0.2, 0.25) is 0 Å². The summed E-state index contributed by atoms with van der Waals surface area (Å²) >= 11 is 0. The summed E-state index contributed by atoms with van der Waals surface area (Å²) in [6.07, 6.45) is 2.82. The zero-order chi connectivity index (χ0) is 17.8. The maximum Gasteiger partial charge on any atom is 0.320 e. The summed E-state index contributed by atoms with van der Waals surface area (Å²) < 4.78 is 0. The van der Waals surface area contributed by atoms with Crippen LogP contribution in [-0.4, -0.2) is 52.4 Å². The van der Waals surface area contributed by atoms with Gasteiger partial charge in [-0.2, -0.15) is 0 Å². The Hall–Kier alpha value is -1.87. The monoisotopic (exact) mass is 332 g/mol. The van der Waals surface area contributed by atoms with Gasteiger partial charge in [0.25, 0.3) is 0 Å². The minimum atomic E-state index is -1.10. The highest BCUT2D eigenvalue weighted by atomic mass is 16.4. The third-order valence-electron chi connectivity index (χ3n) is 3.75. The molecule has 0 heterocycles. The van der Waals surface area contributed by atoms with E-state index in [4.69, 9.17) is 22.3 Å². The highest BCUT2D eigenvalue weighted by Crippen LogP contribution is 2.24. The standard InChI is InChI=1S/C14H28N4O5/c15-11(13(22)23)6-3-5-10(12(20)21)9(8-19)4-1-2-7-18-14(16)17/h9-11,19H,1-8,15H2,(H,20,21)(H,22,23)(H4,16,17,18). The number of aliphatic imine (C=N–C) groups is 1. The van der Waals surface area contributed by atoms with Gasteiger partial charge in [-0.1, -0.05) is 12.8 Å². The van der Waals surface area contributed by atoms with Crippen LogP contribution >= 0.6 is 0 Å². The first kappa shape index (κ1) is 21.1. The van der Waals surface area contributed by atoms with Crippen LogP contribution in [0.2, 0.25) is 0 Å². The van der Waals surface area contributed by atoms with E-state index in [0.717, 1.165) is 0 Å². The smallest absolute Gasteiger partial charge is 0.320 e. The quantitative estimate of drug-likeness (QED) is 0.145. The highest BCUT2D eigenvalue weighted by molar-refractivity contribution is 5.75. The van der Waals surface area contributed by atoms with Crippen LogP contribution in [0.1, 0.15) is 38.5 Å². The Bertz CT molecular complexity index is 399. The lowest BCUT2D eigenvalue weighted by atomic mass is 9.84. The van der Waals surface area contributed by atoms with E-state index in [1.54, 1.807) is 0 Å². The molecule has 0 aliphatic rings. The number of unbranched alkanes of at least 4 members (excludes halogenated alkanes) is 1. The maximum atomic E-state index is 11.4. The average molecular weight is 332 g/mol. The van der Waals surface area contributed by atoms with E-state index in [1.807, 2.05) is 0 Å². The van der Waals surface area contributed by atoms with E-state index in [0.29, 0.717) is 32.2 Å². The Labute approximate surface area is 135 Å². The van der Waals surface area contributed by atoms with Gasteiger partial charge >= 0.3 is 11.9 Å². The molecular formula is C14H28N4O5. The van der Waals surface area contributed by atoms with Crippen molar-refractivity contribution >= 4 is 17.9 Å². The van der Waals surface area contributed by atoms with Crippen LogP contribution in [0.15, 0.2) is 4.99 Å². The molecule has 3 atom stereocenters. The number of nitrogens with zero attached hydrogens (tertiary/aromatic N) is 1. The molecule has 0 amide bonds. The number of guanidine groups is 1. The molecule has 0 aromatic carbocycles. The van der Waals surface area contributed by atoms with Crippen molar-refractivity contribution in [1.29, 1.82) is 0 Å². The first-order valence-electron chi connectivity index (χ1n) is 7.67. The predicted molar refractivity (Wildman–Crippen MR) is 85.7 cm³/mol. The molecule has 0 rings (SSSR count). The molecule has 0 aromatic heterocycles. The molecule has 0 spiro atoms. The van der Waals surface area contributed by atoms with Crippen LogP contribution < -0.4 is 17.2 Å². The second kappa shape index (κ2) is 11.7. The summed E-state index contributed by atoms with van der Waals surface area (Å²) in [5.74, 6) is -3.17. The molecule has 0 fully saturated rings. The van der Waals surface area contributed by atoms with Gasteiger partial charge in [-0.15, -0.1) is 0 Å². The van der Waals surface area contributed by atoms with Crippen molar-refractivity contribution in [2.75, 3.05) is 13.2 Å². The highest BCUT2D eigenvalue weighted by Gasteiger charge is 2.27. The summed E-state index contributed by atoms with van der Waals surface area (Å²) in [4.78, 5) is 25.9. The van der Waals surface area contributed by atoms with Crippen LogP contribution in [0.5, 0.6) is 0 Å². The zero-order valence-electron chi connectivity index (χ0n) is 13.2. The summed E-state index contributed by atoms with van der Waals surface area (Å²) in [6.45, 7) is 0.232. The van der Waals surface area contributed by atoms with Gasteiger partial charge < -0.3 is 32.5 Å². The minimum Gasteiger partial charge on any atom is -0.481 e. The second-order valence-corrected chi connectivity index (χ2v) is 5.57. The van der Waals surface area contributed by atoms with E-state index in [1.165, 1.54) is 0 Å². The number of rotatable bonds is 13. The fraction of sp³-hybridized carbons (Fsp3) is 0.786. The Morgan fingerprint density at radius 1 is 0.957 bits per heavy atom. The normalized spacial score (nSPS) is 14.7. The first-order valence-corrected chi connectivity index (χ1v) is 7.67. The summed E-state index contributed by atoms with van der Waals surface area (Å²) in [5.41, 5.74) is 15.8. The topological polar surface area (TPSA) is 185 Å². The summed E-state index contributed by atoms with van der Waals surface area (Å²) in [6, 6.07) is -0.989. The van der Waals surface area contributed by atoms with Crippen molar-refractivity contribution in [3.8, 4) is 0 Å². The molecule has 0 saturated heterocycles. The molecule has 9 nitrogen and oxygen atoms in total. The third kappa shape index (κ3) is 9.69. The molecule has 0 aliphatic heterocycles. The van der Waals surface area contributed by atoms with Crippen LogP contribution in [0.4, 0.5) is 0 Å². The van der Waals surface area contributed by atoms with E-state index in [9.17, 15) is 19.8 Å². The van der Waals surface area contributed by atoms with E-state index in [2.05, 4.69) is 4.99 Å². The summed E-state index contributed by atoms with van der Waals surface area (Å²) in [5, 5.41) is 27.5. The molecule has 134 valence electrons. The molecular weight excluding hydrogens is 304 g/mol. The Balaban J connectivity index is 4.32. The van der Waals surface area contributed by atoms with Gasteiger partial charge in [0.05, 0.1) is 5.92 Å². The van der Waals surface area contributed by atoms with Gasteiger partial charge in [-0.05, 0) is 31.6 Å². The number of aliphatic hydroxyl groups is 1. The molecule has 0 aliphatic carbocycles. The van der Waals surface area contributed by atoms with Gasteiger partial charge in [0.1, 0.15) is 6.04 Å². The SMILES string of the molecule is NC(N)=NCCCCC(CO)C(CCCC(N)C(=O)O)C(=O)O. The Kier molecular flexibility index (Phi) is 10.7. The van der Waals surface area contributed by atoms with Gasteiger partial charge in [-0.3, -0.25) is 14.6 Å². The van der Waals surface area contributed by atoms with Crippen LogP contribution in [0.25, 0.3) is 0 Å². The Morgan fingerprint density at radius 2 is 1.61 bits per heavy atom. The van der Waals surface area contributed by atoms with Crippen LogP contribution in [0, 0.1) is 11.8 Å². The third-order valence-corrected chi connectivity index (χ3v) is 3.75. The molecule has 9 heteroatoms. The molecule has 0 radical (unpaired) electrons. The lowest BCUT2D eigenvalue weighted by Crippen LogP contribution is -2.31. The van der Waals surface area contributed by atoms with E-state index < -0.39 is 23.9 Å². The molecule has 23 heavy (non-hydrogen) atoms. The van der Waals surface area contributed by atoms with Crippen LogP contribution in [-0.2, 0) is 9.59 Å². The van der Waals surface area contributed by atoms with E-state index in [-0.39, 0.29) is 31.3 Å². The van der Waals surface area contributed by atoms with Gasteiger partial charge in [0, 0.05) is 13.2 Å². The number of carboxylic acids is 2. The van der Waals surface area contributed by atoms with Gasteiger partial charge in [0.15, 0.2) is 5.96 Å². The van der Waals surface area contributed by atoms with Crippen molar-refractivity contribution in [2.45, 2.75) is 44.6 Å². The number of carbonyl (C=O) groups is 2. The van der Waals surface area contributed by atoms with Crippen molar-refractivity contribution in [3.63, 3.8) is 0 Å². The molecule has 0 bridgehead atoms. The summed E-state index contributed by atoms with van der Waals surface area (Å²) in [7, 11) is 0. The van der Waals surface area contributed by atoms with Crippen molar-refractivity contribution in [2.24, 2.45) is 34.0 Å².